The third-order valence-corrected chi connectivity index (χ3v) is 6.93. The standard InChI is InChI=1S/C28H36N4O2/c1-20-10-8-9-13-24(20)26-30-25(34-31-26)19-32-16-14-22(15-17-32)27(33)29-21(2)18-28(3,4)23-11-6-5-7-12-23/h5-13,21-22H,14-19H2,1-4H3,(H,29,33). The number of aryl methyl sites for hydroxylation is 1. The smallest absolute Gasteiger partial charge is 0.241 e. The summed E-state index contributed by atoms with van der Waals surface area (Å²) in [6, 6.07) is 18.7. The molecule has 1 atom stereocenters. The van der Waals surface area contributed by atoms with Gasteiger partial charge in [0.2, 0.25) is 17.6 Å². The van der Waals surface area contributed by atoms with E-state index in [0.29, 0.717) is 18.3 Å². The van der Waals surface area contributed by atoms with Crippen LogP contribution in [0.5, 0.6) is 0 Å². The lowest BCUT2D eigenvalue weighted by Gasteiger charge is -2.32. The van der Waals surface area contributed by atoms with Crippen molar-refractivity contribution in [1.29, 1.82) is 0 Å². The third-order valence-electron chi connectivity index (χ3n) is 6.93. The summed E-state index contributed by atoms with van der Waals surface area (Å²) in [6.45, 7) is 11.0. The van der Waals surface area contributed by atoms with Crippen LogP contribution in [0.2, 0.25) is 0 Å². The molecule has 1 unspecified atom stereocenters. The molecule has 0 bridgehead atoms. The van der Waals surface area contributed by atoms with Gasteiger partial charge in [-0.05, 0) is 62.7 Å². The number of hydrogen-bond acceptors (Lipinski definition) is 5. The number of nitrogens with zero attached hydrogens (tertiary/aromatic N) is 3. The number of amides is 1. The van der Waals surface area contributed by atoms with E-state index in [1.54, 1.807) is 0 Å². The Morgan fingerprint density at radius 3 is 2.50 bits per heavy atom. The Hall–Kier alpha value is -2.99. The van der Waals surface area contributed by atoms with Gasteiger partial charge in [-0.3, -0.25) is 9.69 Å². The van der Waals surface area contributed by atoms with Gasteiger partial charge in [-0.15, -0.1) is 0 Å². The number of piperidine rings is 1. The number of carbonyl (C=O) groups excluding carboxylic acids is 1. The van der Waals surface area contributed by atoms with Crippen molar-refractivity contribution < 1.29 is 9.32 Å². The molecule has 1 fully saturated rings. The first-order valence-electron chi connectivity index (χ1n) is 12.3. The first-order chi connectivity index (χ1) is 16.3. The maximum absolute atomic E-state index is 12.9. The molecule has 0 aliphatic carbocycles. The summed E-state index contributed by atoms with van der Waals surface area (Å²) >= 11 is 0. The Balaban J connectivity index is 1.24. The molecule has 0 saturated carbocycles. The Morgan fingerprint density at radius 2 is 1.79 bits per heavy atom. The quantitative estimate of drug-likeness (QED) is 0.505. The van der Waals surface area contributed by atoms with E-state index in [2.05, 4.69) is 65.4 Å². The van der Waals surface area contributed by atoms with Crippen molar-refractivity contribution in [1.82, 2.24) is 20.4 Å². The van der Waals surface area contributed by atoms with E-state index in [4.69, 9.17) is 4.52 Å². The fourth-order valence-electron chi connectivity index (χ4n) is 4.98. The molecule has 4 rings (SSSR count). The summed E-state index contributed by atoms with van der Waals surface area (Å²) in [5, 5.41) is 7.43. The van der Waals surface area contributed by atoms with Crippen molar-refractivity contribution in [3.63, 3.8) is 0 Å². The Labute approximate surface area is 202 Å². The molecule has 3 aromatic rings. The highest BCUT2D eigenvalue weighted by molar-refractivity contribution is 5.79. The zero-order chi connectivity index (χ0) is 24.1. The molecule has 34 heavy (non-hydrogen) atoms. The number of nitrogens with one attached hydrogen (secondary N) is 1. The molecule has 6 nitrogen and oxygen atoms in total. The zero-order valence-corrected chi connectivity index (χ0v) is 20.8. The lowest BCUT2D eigenvalue weighted by atomic mass is 9.79. The van der Waals surface area contributed by atoms with Crippen molar-refractivity contribution in [2.24, 2.45) is 5.92 Å². The summed E-state index contributed by atoms with van der Waals surface area (Å²) in [5.41, 5.74) is 3.44. The number of likely N-dealkylation sites (tertiary alicyclic amines) is 1. The first kappa shape index (κ1) is 24.1. The van der Waals surface area contributed by atoms with E-state index >= 15 is 0 Å². The Kier molecular flexibility index (Phi) is 7.47. The second kappa shape index (κ2) is 10.5. The van der Waals surface area contributed by atoms with Gasteiger partial charge in [0.25, 0.3) is 0 Å². The minimum atomic E-state index is 0.0124. The normalized spacial score (nSPS) is 16.4. The molecule has 1 N–H and O–H groups in total. The minimum Gasteiger partial charge on any atom is -0.353 e. The van der Waals surface area contributed by atoms with Crippen LogP contribution in [0.15, 0.2) is 59.1 Å². The molecule has 180 valence electrons. The van der Waals surface area contributed by atoms with E-state index in [1.165, 1.54) is 5.56 Å². The summed E-state index contributed by atoms with van der Waals surface area (Å²) < 4.78 is 5.50. The lowest BCUT2D eigenvalue weighted by molar-refractivity contribution is -0.127. The fourth-order valence-corrected chi connectivity index (χ4v) is 4.98. The number of hydrogen-bond donors (Lipinski definition) is 1. The monoisotopic (exact) mass is 460 g/mol. The lowest BCUT2D eigenvalue weighted by Crippen LogP contribution is -2.44. The first-order valence-corrected chi connectivity index (χ1v) is 12.3. The number of benzene rings is 2. The number of rotatable bonds is 8. The zero-order valence-electron chi connectivity index (χ0n) is 20.8. The van der Waals surface area contributed by atoms with Crippen LogP contribution in [-0.2, 0) is 16.8 Å². The SMILES string of the molecule is Cc1ccccc1-c1noc(CN2CCC(C(=O)NC(C)CC(C)(C)c3ccccc3)CC2)n1. The summed E-state index contributed by atoms with van der Waals surface area (Å²) in [7, 11) is 0. The van der Waals surface area contributed by atoms with Gasteiger partial charge in [-0.1, -0.05) is 73.6 Å². The Bertz CT molecular complexity index is 1080. The van der Waals surface area contributed by atoms with Gasteiger partial charge < -0.3 is 9.84 Å². The topological polar surface area (TPSA) is 71.3 Å². The van der Waals surface area contributed by atoms with Gasteiger partial charge in [0.15, 0.2) is 0 Å². The third kappa shape index (κ3) is 5.92. The van der Waals surface area contributed by atoms with E-state index in [1.807, 2.05) is 37.3 Å². The van der Waals surface area contributed by atoms with Crippen LogP contribution in [0.25, 0.3) is 11.4 Å². The maximum atomic E-state index is 12.9. The molecule has 1 saturated heterocycles. The number of carbonyl (C=O) groups is 1. The molecule has 1 aromatic heterocycles. The highest BCUT2D eigenvalue weighted by Gasteiger charge is 2.29. The molecule has 2 aromatic carbocycles. The van der Waals surface area contributed by atoms with Gasteiger partial charge in [0.1, 0.15) is 0 Å². The van der Waals surface area contributed by atoms with Crippen molar-refractivity contribution in [2.45, 2.75) is 65.0 Å². The summed E-state index contributed by atoms with van der Waals surface area (Å²) in [4.78, 5) is 19.8. The fraction of sp³-hybridized carbons (Fsp3) is 0.464. The van der Waals surface area contributed by atoms with Gasteiger partial charge in [-0.25, -0.2) is 0 Å². The predicted octanol–water partition coefficient (Wildman–Crippen LogP) is 5.13. The largest absolute Gasteiger partial charge is 0.353 e. The van der Waals surface area contributed by atoms with Crippen LogP contribution in [-0.4, -0.2) is 40.1 Å². The van der Waals surface area contributed by atoms with Crippen LogP contribution in [0, 0.1) is 12.8 Å². The second-order valence-corrected chi connectivity index (χ2v) is 10.2. The highest BCUT2D eigenvalue weighted by Crippen LogP contribution is 2.28. The molecule has 1 aliphatic heterocycles. The van der Waals surface area contributed by atoms with E-state index < -0.39 is 0 Å². The van der Waals surface area contributed by atoms with Crippen molar-refractivity contribution in [3.05, 3.63) is 71.6 Å². The van der Waals surface area contributed by atoms with Crippen LogP contribution >= 0.6 is 0 Å². The maximum Gasteiger partial charge on any atom is 0.241 e. The van der Waals surface area contributed by atoms with Crippen LogP contribution < -0.4 is 5.32 Å². The molecule has 0 radical (unpaired) electrons. The average molecular weight is 461 g/mol. The average Bonchev–Trinajstić information content (AvgIpc) is 3.28. The van der Waals surface area contributed by atoms with Gasteiger partial charge in [-0.2, -0.15) is 4.98 Å². The molecular formula is C28H36N4O2. The van der Waals surface area contributed by atoms with Crippen molar-refractivity contribution >= 4 is 5.91 Å². The second-order valence-electron chi connectivity index (χ2n) is 10.2. The molecule has 1 aliphatic rings. The van der Waals surface area contributed by atoms with E-state index in [0.717, 1.165) is 43.5 Å². The van der Waals surface area contributed by atoms with E-state index in [-0.39, 0.29) is 23.3 Å². The van der Waals surface area contributed by atoms with Crippen LogP contribution in [0.4, 0.5) is 0 Å². The highest BCUT2D eigenvalue weighted by atomic mass is 16.5. The summed E-state index contributed by atoms with van der Waals surface area (Å²) in [6.07, 6.45) is 2.60. The van der Waals surface area contributed by atoms with Crippen LogP contribution in [0.3, 0.4) is 0 Å². The molecule has 6 heteroatoms. The molecule has 1 amide bonds. The molecule has 0 spiro atoms. The molecular weight excluding hydrogens is 424 g/mol. The van der Waals surface area contributed by atoms with Gasteiger partial charge in [0, 0.05) is 17.5 Å². The van der Waals surface area contributed by atoms with Crippen molar-refractivity contribution in [2.75, 3.05) is 13.1 Å². The Morgan fingerprint density at radius 1 is 1.12 bits per heavy atom. The molecule has 2 heterocycles. The minimum absolute atomic E-state index is 0.0124. The number of aromatic nitrogens is 2. The van der Waals surface area contributed by atoms with Crippen molar-refractivity contribution in [3.8, 4) is 11.4 Å². The summed E-state index contributed by atoms with van der Waals surface area (Å²) in [5.74, 6) is 1.49. The van der Waals surface area contributed by atoms with Gasteiger partial charge in [0.05, 0.1) is 6.54 Å². The van der Waals surface area contributed by atoms with E-state index in [9.17, 15) is 4.79 Å². The van der Waals surface area contributed by atoms with Gasteiger partial charge >= 0.3 is 0 Å². The van der Waals surface area contributed by atoms with Crippen LogP contribution in [0.1, 0.15) is 57.1 Å². The predicted molar refractivity (Wildman–Crippen MR) is 134 cm³/mol.